The average Bonchev–Trinajstić information content (AvgIpc) is 3.95. The number of carbonyl (C=O) groups excluding carboxylic acids is 4. The number of anilines is 5. The molecule has 0 aliphatic carbocycles. The number of rotatable bonds is 18. The van der Waals surface area contributed by atoms with E-state index in [1.54, 1.807) is 31.8 Å². The van der Waals surface area contributed by atoms with Crippen molar-refractivity contribution in [2.24, 2.45) is 5.41 Å². The maximum absolute atomic E-state index is 14.1. The van der Waals surface area contributed by atoms with Crippen LogP contribution < -0.4 is 41.5 Å². The molecule has 20 heteroatoms. The minimum Gasteiger partial charge on any atom is -0.494 e. The van der Waals surface area contributed by atoms with Crippen LogP contribution >= 0.6 is 30.1 Å². The van der Waals surface area contributed by atoms with Crippen LogP contribution in [0.3, 0.4) is 0 Å². The SMILES string of the molecule is COc1cc(N2CCC(NC(=O)CCCC(=O)NC(C(=O)N3CC(O)CC3C(=O)NCc3ccc(-c4scnc4C)cc3)C(C)(C)C)CC2)ccc1Nc1ncc(Cl)c(Nc2ccccc2P(C)(C)=O)n1. The van der Waals surface area contributed by atoms with Gasteiger partial charge in [-0.25, -0.2) is 9.97 Å². The minimum atomic E-state index is -2.59. The summed E-state index contributed by atoms with van der Waals surface area (Å²) in [6.45, 7) is 12.5. The number of nitrogens with one attached hydrogen (secondary N) is 5. The van der Waals surface area contributed by atoms with Crippen LogP contribution in [0.4, 0.5) is 28.8 Å². The Bertz CT molecular complexity index is 2760. The van der Waals surface area contributed by atoms with Crippen LogP contribution in [-0.4, -0.2) is 113 Å². The number of para-hydroxylation sites is 1. The number of hydrogen-bond donors (Lipinski definition) is 6. The standard InChI is InChI=1S/C51H64ClN10O7PS/c1-31-45(71-30-55-31)33-17-15-32(16-18-33)27-53-48(66)40-26-36(63)29-62(40)49(67)46(51(2,3)4)59-44(65)14-10-13-43(64)56-34-21-23-61(24-22-34)35-19-20-38(41(25-35)69-5)58-50-54-28-37(52)47(60-50)57-39-11-8-9-12-42(39)70(6,7)68/h8-9,11-12,15-20,25,28,30,34,36,40,46,63H,10,13-14,21-24,26-27,29H2,1-7H3,(H,53,66)(H,56,64)(H,59,65)(H2,54,57,58,60). The van der Waals surface area contributed by atoms with Crippen molar-refractivity contribution < 1.29 is 33.6 Å². The molecule has 2 aromatic heterocycles. The summed E-state index contributed by atoms with van der Waals surface area (Å²) in [6.07, 6.45) is 2.59. The predicted molar refractivity (Wildman–Crippen MR) is 281 cm³/mol. The van der Waals surface area contributed by atoms with E-state index in [0.717, 1.165) is 40.2 Å². The molecule has 17 nitrogen and oxygen atoms in total. The van der Waals surface area contributed by atoms with Crippen LogP contribution in [0, 0.1) is 12.3 Å². The number of methoxy groups -OCH3 is 1. The largest absolute Gasteiger partial charge is 0.494 e. The first kappa shape index (κ1) is 52.7. The summed E-state index contributed by atoms with van der Waals surface area (Å²) in [4.78, 5) is 71.9. The van der Waals surface area contributed by atoms with Gasteiger partial charge in [0.15, 0.2) is 5.82 Å². The highest BCUT2D eigenvalue weighted by molar-refractivity contribution is 7.70. The molecule has 3 aromatic carbocycles. The van der Waals surface area contributed by atoms with Crippen LogP contribution in [0.5, 0.6) is 5.75 Å². The Kier molecular flexibility index (Phi) is 17.1. The Balaban J connectivity index is 0.853. The maximum Gasteiger partial charge on any atom is 0.246 e. The number of piperidine rings is 1. The second-order valence-electron chi connectivity index (χ2n) is 19.5. The van der Waals surface area contributed by atoms with Crippen molar-refractivity contribution in [3.8, 4) is 16.2 Å². The van der Waals surface area contributed by atoms with Gasteiger partial charge in [-0.1, -0.05) is 68.8 Å². The first-order valence-electron chi connectivity index (χ1n) is 23.8. The zero-order valence-corrected chi connectivity index (χ0v) is 43.7. The smallest absolute Gasteiger partial charge is 0.246 e. The molecule has 5 aromatic rings. The quantitative estimate of drug-likeness (QED) is 0.0473. The summed E-state index contributed by atoms with van der Waals surface area (Å²) < 4.78 is 18.7. The van der Waals surface area contributed by atoms with Crippen molar-refractivity contribution in [1.29, 1.82) is 0 Å². The van der Waals surface area contributed by atoms with E-state index in [1.807, 2.05) is 99.9 Å². The van der Waals surface area contributed by atoms with Crippen LogP contribution in [0.1, 0.15) is 70.6 Å². The summed E-state index contributed by atoms with van der Waals surface area (Å²) in [7, 11) is -0.997. The number of aliphatic hydroxyl groups excluding tert-OH is 1. The van der Waals surface area contributed by atoms with Gasteiger partial charge in [-0.3, -0.25) is 19.2 Å². The fourth-order valence-electron chi connectivity index (χ4n) is 8.80. The van der Waals surface area contributed by atoms with Crippen LogP contribution in [0.15, 0.2) is 78.4 Å². The molecule has 2 saturated heterocycles. The first-order chi connectivity index (χ1) is 33.8. The third kappa shape index (κ3) is 13.7. The molecular formula is C51H64ClN10O7PS. The normalized spacial score (nSPS) is 16.8. The molecule has 2 aliphatic rings. The zero-order chi connectivity index (χ0) is 51.0. The van der Waals surface area contributed by atoms with Gasteiger partial charge in [0.05, 0.1) is 46.9 Å². The summed E-state index contributed by atoms with van der Waals surface area (Å²) in [5, 5.41) is 27.0. The van der Waals surface area contributed by atoms with Crippen LogP contribution in [0.2, 0.25) is 5.02 Å². The van der Waals surface area contributed by atoms with Gasteiger partial charge in [-0.05, 0) is 80.3 Å². The number of aryl methyl sites for hydroxylation is 1. The van der Waals surface area contributed by atoms with E-state index in [2.05, 4.69) is 46.4 Å². The van der Waals surface area contributed by atoms with Crippen LogP contribution in [0.25, 0.3) is 10.4 Å². The monoisotopic (exact) mass is 1030 g/mol. The lowest BCUT2D eigenvalue weighted by Crippen LogP contribution is -2.57. The molecule has 0 bridgehead atoms. The van der Waals surface area contributed by atoms with E-state index in [0.29, 0.717) is 46.4 Å². The van der Waals surface area contributed by atoms with Crippen molar-refractivity contribution >= 4 is 87.8 Å². The Morgan fingerprint density at radius 2 is 1.68 bits per heavy atom. The van der Waals surface area contributed by atoms with Crippen molar-refractivity contribution in [3.05, 3.63) is 94.7 Å². The van der Waals surface area contributed by atoms with Gasteiger partial charge in [0.1, 0.15) is 30.0 Å². The topological polar surface area (TPSA) is 220 Å². The summed E-state index contributed by atoms with van der Waals surface area (Å²) in [5.74, 6) is -0.124. The molecule has 4 amide bonds. The van der Waals surface area contributed by atoms with Gasteiger partial charge in [-0.15, -0.1) is 11.3 Å². The fourth-order valence-corrected chi connectivity index (χ4v) is 10.9. The molecule has 378 valence electrons. The molecule has 0 radical (unpaired) electrons. The highest BCUT2D eigenvalue weighted by atomic mass is 35.5. The Morgan fingerprint density at radius 3 is 2.35 bits per heavy atom. The molecule has 2 fully saturated rings. The van der Waals surface area contributed by atoms with Crippen molar-refractivity contribution in [2.45, 2.75) is 97.0 Å². The van der Waals surface area contributed by atoms with Gasteiger partial charge in [0, 0.05) is 68.5 Å². The molecule has 3 unspecified atom stereocenters. The fraction of sp³-hybridized carbons (Fsp3) is 0.431. The maximum atomic E-state index is 14.1. The second kappa shape index (κ2) is 23.0. The number of ether oxygens (including phenoxy) is 1. The van der Waals surface area contributed by atoms with Crippen molar-refractivity contribution in [3.63, 3.8) is 0 Å². The second-order valence-corrected chi connectivity index (χ2v) is 24.0. The number of β-amino-alcohol motifs (C(OH)–C–C–N with tert-alkyl or cyclic N) is 1. The van der Waals surface area contributed by atoms with Gasteiger partial charge >= 0.3 is 0 Å². The molecule has 0 spiro atoms. The van der Waals surface area contributed by atoms with Crippen LogP contribution in [-0.2, 0) is 30.3 Å². The van der Waals surface area contributed by atoms with Crippen molar-refractivity contribution in [1.82, 2.24) is 35.8 Å². The Labute approximate surface area is 424 Å². The molecule has 3 atom stereocenters. The number of aliphatic hydroxyl groups is 1. The highest BCUT2D eigenvalue weighted by Crippen LogP contribution is 2.39. The molecule has 4 heterocycles. The van der Waals surface area contributed by atoms with E-state index < -0.39 is 36.7 Å². The number of likely N-dealkylation sites (tertiary alicyclic amines) is 1. The molecule has 7 rings (SSSR count). The number of amides is 4. The summed E-state index contributed by atoms with van der Waals surface area (Å²) in [6, 6.07) is 19.1. The number of hydrogen-bond acceptors (Lipinski definition) is 14. The average molecular weight is 1030 g/mol. The lowest BCUT2D eigenvalue weighted by Gasteiger charge is -2.35. The number of thiazole rings is 1. The van der Waals surface area contributed by atoms with E-state index in [-0.39, 0.29) is 68.5 Å². The molecule has 2 aliphatic heterocycles. The highest BCUT2D eigenvalue weighted by Gasteiger charge is 2.44. The van der Waals surface area contributed by atoms with Gasteiger partial charge in [0.2, 0.25) is 29.6 Å². The van der Waals surface area contributed by atoms with Crippen molar-refractivity contribution in [2.75, 3.05) is 55.6 Å². The van der Waals surface area contributed by atoms with Gasteiger partial charge in [0.25, 0.3) is 0 Å². The number of carbonyl (C=O) groups is 4. The Hall–Kier alpha value is -6.07. The number of benzene rings is 3. The Morgan fingerprint density at radius 1 is 0.958 bits per heavy atom. The van der Waals surface area contributed by atoms with Gasteiger partial charge in [-0.2, -0.15) is 4.98 Å². The third-order valence-electron chi connectivity index (χ3n) is 12.7. The lowest BCUT2D eigenvalue weighted by atomic mass is 9.85. The third-order valence-corrected chi connectivity index (χ3v) is 15.5. The predicted octanol–water partition coefficient (Wildman–Crippen LogP) is 7.37. The molecule has 71 heavy (non-hydrogen) atoms. The minimum absolute atomic E-state index is 0.0253. The van der Waals surface area contributed by atoms with E-state index in [9.17, 15) is 28.8 Å². The number of nitrogens with zero attached hydrogens (tertiary/aromatic N) is 5. The first-order valence-corrected chi connectivity index (χ1v) is 27.6. The summed E-state index contributed by atoms with van der Waals surface area (Å²) >= 11 is 8.04. The van der Waals surface area contributed by atoms with E-state index >= 15 is 0 Å². The van der Waals surface area contributed by atoms with Gasteiger partial charge < -0.3 is 50.8 Å². The molecule has 6 N–H and O–H groups in total. The molecule has 0 saturated carbocycles. The zero-order valence-electron chi connectivity index (χ0n) is 41.3. The van der Waals surface area contributed by atoms with E-state index in [4.69, 9.17) is 16.3 Å². The summed E-state index contributed by atoms with van der Waals surface area (Å²) in [5.41, 5.74) is 6.23. The van der Waals surface area contributed by atoms with E-state index in [1.165, 1.54) is 11.1 Å². The number of halogens is 1. The number of aromatic nitrogens is 3. The lowest BCUT2D eigenvalue weighted by molar-refractivity contribution is -0.144. The molecular weight excluding hydrogens is 963 g/mol.